The Kier molecular flexibility index (Phi) is 4.29. The zero-order valence-electron chi connectivity index (χ0n) is 6.64. The van der Waals surface area contributed by atoms with Crippen molar-refractivity contribution in [2.45, 2.75) is 13.8 Å². The van der Waals surface area contributed by atoms with E-state index < -0.39 is 0 Å². The SMILES string of the molecule is CC=C(/C=C\C(C)=N)OC. The molecule has 56 valence electrons. The summed E-state index contributed by atoms with van der Waals surface area (Å²) in [5.74, 6) is 0.784. The lowest BCUT2D eigenvalue weighted by Crippen LogP contribution is -1.83. The molecule has 0 radical (unpaired) electrons. The molecule has 1 N–H and O–H groups in total. The Labute approximate surface area is 61.7 Å². The van der Waals surface area contributed by atoms with Gasteiger partial charge in [0.2, 0.25) is 0 Å². The monoisotopic (exact) mass is 139 g/mol. The lowest BCUT2D eigenvalue weighted by molar-refractivity contribution is 0.306. The third kappa shape index (κ3) is 3.89. The first kappa shape index (κ1) is 8.95. The molecule has 0 bridgehead atoms. The summed E-state index contributed by atoms with van der Waals surface area (Å²) >= 11 is 0. The van der Waals surface area contributed by atoms with E-state index in [1.165, 1.54) is 0 Å². The largest absolute Gasteiger partial charge is 0.497 e. The fourth-order valence-corrected chi connectivity index (χ4v) is 0.489. The lowest BCUT2D eigenvalue weighted by Gasteiger charge is -1.96. The number of nitrogens with one attached hydrogen (secondary N) is 1. The average Bonchev–Trinajstić information content (AvgIpc) is 1.90. The molecule has 0 aromatic heterocycles. The number of methoxy groups -OCH3 is 1. The van der Waals surface area contributed by atoms with Crippen LogP contribution in [0, 0.1) is 5.41 Å². The van der Waals surface area contributed by atoms with Crippen molar-refractivity contribution in [1.29, 1.82) is 5.41 Å². The van der Waals surface area contributed by atoms with Gasteiger partial charge in [-0.25, -0.2) is 0 Å². The van der Waals surface area contributed by atoms with Crippen molar-refractivity contribution in [3.63, 3.8) is 0 Å². The molecule has 0 fully saturated rings. The summed E-state index contributed by atoms with van der Waals surface area (Å²) in [5.41, 5.74) is 0.524. The minimum absolute atomic E-state index is 0.524. The van der Waals surface area contributed by atoms with E-state index in [1.54, 1.807) is 26.2 Å². The molecule has 0 aliphatic carbocycles. The zero-order valence-corrected chi connectivity index (χ0v) is 6.64. The van der Waals surface area contributed by atoms with Gasteiger partial charge in [-0.15, -0.1) is 0 Å². The summed E-state index contributed by atoms with van der Waals surface area (Å²) in [6, 6.07) is 0. The molecule has 0 saturated heterocycles. The van der Waals surface area contributed by atoms with Crippen molar-refractivity contribution >= 4 is 5.71 Å². The van der Waals surface area contributed by atoms with E-state index in [-0.39, 0.29) is 0 Å². The fourth-order valence-electron chi connectivity index (χ4n) is 0.489. The summed E-state index contributed by atoms with van der Waals surface area (Å²) in [4.78, 5) is 0. The summed E-state index contributed by atoms with van der Waals surface area (Å²) in [7, 11) is 1.61. The number of rotatable bonds is 3. The van der Waals surface area contributed by atoms with Gasteiger partial charge >= 0.3 is 0 Å². The van der Waals surface area contributed by atoms with E-state index in [0.717, 1.165) is 5.76 Å². The Balaban J connectivity index is 3.98. The Bertz CT molecular complexity index is 168. The molecule has 10 heavy (non-hydrogen) atoms. The van der Waals surface area contributed by atoms with Crippen molar-refractivity contribution in [2.75, 3.05) is 7.11 Å². The Morgan fingerprint density at radius 1 is 1.40 bits per heavy atom. The number of ether oxygens (including phenoxy) is 1. The van der Waals surface area contributed by atoms with Gasteiger partial charge in [-0.05, 0) is 32.1 Å². The van der Waals surface area contributed by atoms with Gasteiger partial charge in [0, 0.05) is 5.71 Å². The molecule has 0 rings (SSSR count). The van der Waals surface area contributed by atoms with Gasteiger partial charge in [-0.3, -0.25) is 0 Å². The molecule has 0 aliphatic heterocycles. The molecular formula is C8H13NO. The molecule has 0 aromatic carbocycles. The van der Waals surface area contributed by atoms with Crippen LogP contribution in [-0.4, -0.2) is 12.8 Å². The van der Waals surface area contributed by atoms with Crippen molar-refractivity contribution in [3.05, 3.63) is 24.0 Å². The minimum Gasteiger partial charge on any atom is -0.497 e. The molecular weight excluding hydrogens is 126 g/mol. The highest BCUT2D eigenvalue weighted by atomic mass is 16.5. The van der Waals surface area contributed by atoms with Crippen molar-refractivity contribution in [1.82, 2.24) is 0 Å². The third-order valence-electron chi connectivity index (χ3n) is 1.02. The molecule has 0 amide bonds. The van der Waals surface area contributed by atoms with Crippen LogP contribution >= 0.6 is 0 Å². The summed E-state index contributed by atoms with van der Waals surface area (Å²) < 4.78 is 4.93. The highest BCUT2D eigenvalue weighted by molar-refractivity contribution is 5.90. The molecule has 2 nitrogen and oxygen atoms in total. The first-order chi connectivity index (χ1) is 4.70. The van der Waals surface area contributed by atoms with Crippen LogP contribution in [0.3, 0.4) is 0 Å². The van der Waals surface area contributed by atoms with Crippen LogP contribution < -0.4 is 0 Å². The maximum atomic E-state index is 7.07. The Morgan fingerprint density at radius 2 is 2.00 bits per heavy atom. The van der Waals surface area contributed by atoms with E-state index in [2.05, 4.69) is 0 Å². The summed E-state index contributed by atoms with van der Waals surface area (Å²) in [6.07, 6.45) is 5.31. The zero-order chi connectivity index (χ0) is 7.98. The second-order valence-corrected chi connectivity index (χ2v) is 1.91. The topological polar surface area (TPSA) is 33.1 Å². The highest BCUT2D eigenvalue weighted by Crippen LogP contribution is 1.96. The molecule has 0 aliphatic rings. The molecule has 0 atom stereocenters. The van der Waals surface area contributed by atoms with Gasteiger partial charge in [-0.2, -0.15) is 0 Å². The molecule has 0 spiro atoms. The van der Waals surface area contributed by atoms with E-state index >= 15 is 0 Å². The normalized spacial score (nSPS) is 12.1. The summed E-state index contributed by atoms with van der Waals surface area (Å²) in [5, 5.41) is 7.07. The minimum atomic E-state index is 0.524. The predicted octanol–water partition coefficient (Wildman–Crippen LogP) is 2.13. The van der Waals surface area contributed by atoms with Gasteiger partial charge < -0.3 is 10.1 Å². The number of hydrogen-bond acceptors (Lipinski definition) is 2. The van der Waals surface area contributed by atoms with Gasteiger partial charge in [-0.1, -0.05) is 0 Å². The van der Waals surface area contributed by atoms with Gasteiger partial charge in [0.05, 0.1) is 7.11 Å². The molecule has 2 heteroatoms. The first-order valence-corrected chi connectivity index (χ1v) is 3.14. The van der Waals surface area contributed by atoms with Crippen molar-refractivity contribution in [3.8, 4) is 0 Å². The number of allylic oxidation sites excluding steroid dienone is 3. The number of hydrogen-bond donors (Lipinski definition) is 1. The smallest absolute Gasteiger partial charge is 0.114 e. The fraction of sp³-hybridized carbons (Fsp3) is 0.375. The van der Waals surface area contributed by atoms with Crippen LogP contribution in [-0.2, 0) is 4.74 Å². The van der Waals surface area contributed by atoms with Crippen molar-refractivity contribution < 1.29 is 4.74 Å². The van der Waals surface area contributed by atoms with Crippen LogP contribution in [0.1, 0.15) is 13.8 Å². The van der Waals surface area contributed by atoms with Crippen LogP contribution in [0.15, 0.2) is 24.0 Å². The van der Waals surface area contributed by atoms with Gasteiger partial charge in [0.15, 0.2) is 0 Å². The first-order valence-electron chi connectivity index (χ1n) is 3.14. The highest BCUT2D eigenvalue weighted by Gasteiger charge is 1.84. The molecule has 0 saturated carbocycles. The van der Waals surface area contributed by atoms with Crippen LogP contribution in [0.2, 0.25) is 0 Å². The van der Waals surface area contributed by atoms with Crippen LogP contribution in [0.5, 0.6) is 0 Å². The lowest BCUT2D eigenvalue weighted by atomic mass is 10.3. The van der Waals surface area contributed by atoms with E-state index in [0.29, 0.717) is 5.71 Å². The maximum absolute atomic E-state index is 7.07. The quantitative estimate of drug-likeness (QED) is 0.362. The maximum Gasteiger partial charge on any atom is 0.114 e. The second-order valence-electron chi connectivity index (χ2n) is 1.91. The standard InChI is InChI=1S/C8H13NO/c1-4-8(10-3)6-5-7(2)9/h4-6,9H,1-3H3/b6-5-,8-4?,9-7?. The third-order valence-corrected chi connectivity index (χ3v) is 1.02. The molecule has 0 aromatic rings. The second kappa shape index (κ2) is 4.79. The van der Waals surface area contributed by atoms with Crippen molar-refractivity contribution in [2.24, 2.45) is 0 Å². The van der Waals surface area contributed by atoms with Crippen LogP contribution in [0.25, 0.3) is 0 Å². The molecule has 0 unspecified atom stereocenters. The Hall–Kier alpha value is -1.05. The van der Waals surface area contributed by atoms with Gasteiger partial charge in [0.1, 0.15) is 5.76 Å². The van der Waals surface area contributed by atoms with E-state index in [9.17, 15) is 0 Å². The van der Waals surface area contributed by atoms with E-state index in [4.69, 9.17) is 10.1 Å². The molecule has 0 heterocycles. The predicted molar refractivity (Wildman–Crippen MR) is 43.3 cm³/mol. The Morgan fingerprint density at radius 3 is 2.30 bits per heavy atom. The van der Waals surface area contributed by atoms with Crippen LogP contribution in [0.4, 0.5) is 0 Å². The van der Waals surface area contributed by atoms with Gasteiger partial charge in [0.25, 0.3) is 0 Å². The summed E-state index contributed by atoms with van der Waals surface area (Å²) in [6.45, 7) is 3.61. The average molecular weight is 139 g/mol. The van der Waals surface area contributed by atoms with E-state index in [1.807, 2.05) is 13.0 Å².